The number of allylic oxidation sites excluding steroid dienone is 7. The first-order valence-corrected chi connectivity index (χ1v) is 28.3. The van der Waals surface area contributed by atoms with E-state index in [-0.39, 0.29) is 53.5 Å². The van der Waals surface area contributed by atoms with Gasteiger partial charge in [0.1, 0.15) is 18.2 Å². The summed E-state index contributed by atoms with van der Waals surface area (Å²) in [6.45, 7) is 8.99. The quantitative estimate of drug-likeness (QED) is 0.0262. The number of carbonyl (C=O) groups excluding carboxylic acids is 2. The number of nitrogens with one attached hydrogen (secondary N) is 4. The standard InChI is InChI=1S/C51H62N8O11S3/c1-50(2)36-16-5-7-18-39(36)58(24-9-11-26-72(65,66)67)41(50)22-20-32-14-13-15-33(21-23-42-51(3,4)37-17-6-8-19-40(37)59(42)25-10-12-27-73(68,69)70)45(32)71-31-38(48(63)64)55-44(61)30-53-43(60)29-34-28-35-46(54-34)56-49(52)57-47(35)62/h5-8,16-23,28,38H,9-15,24-27,29-31H2,1-4H3,(H8-,52,53,54,55,56,57,60,61,62,63,64,65,66,67,68,69,70)/p+1/t38-/m0/s1. The Hall–Kier alpha value is -6.33. The monoisotopic (exact) mass is 1060 g/mol. The predicted molar refractivity (Wildman–Crippen MR) is 283 cm³/mol. The van der Waals surface area contributed by atoms with Crippen LogP contribution in [0.15, 0.2) is 105 Å². The Balaban J connectivity index is 1.18. The number of nitrogens with two attached hydrogens (primary N) is 1. The molecular formula is C51H63N8O11S3+. The third-order valence-corrected chi connectivity index (χ3v) is 16.3. The zero-order valence-corrected chi connectivity index (χ0v) is 43.7. The van der Waals surface area contributed by atoms with Crippen LogP contribution in [0.5, 0.6) is 0 Å². The molecule has 9 N–H and O–H groups in total. The lowest BCUT2D eigenvalue weighted by molar-refractivity contribution is -0.438. The molecule has 2 aliphatic heterocycles. The van der Waals surface area contributed by atoms with Gasteiger partial charge in [-0.1, -0.05) is 62.4 Å². The lowest BCUT2D eigenvalue weighted by Gasteiger charge is -2.28. The lowest BCUT2D eigenvalue weighted by atomic mass is 9.81. The van der Waals surface area contributed by atoms with Crippen molar-refractivity contribution in [3.05, 3.63) is 128 Å². The average molecular weight is 1060 g/mol. The molecule has 22 heteroatoms. The van der Waals surface area contributed by atoms with E-state index in [4.69, 9.17) is 5.73 Å². The second kappa shape index (κ2) is 22.4. The molecule has 7 rings (SSSR count). The van der Waals surface area contributed by atoms with E-state index < -0.39 is 67.0 Å². The molecule has 0 spiro atoms. The largest absolute Gasteiger partial charge is 0.480 e. The number of hydrogen-bond donors (Lipinski definition) is 8. The number of para-hydroxylation sites is 2. The fourth-order valence-corrected chi connectivity index (χ4v) is 12.2. The summed E-state index contributed by atoms with van der Waals surface area (Å²) in [4.78, 5) is 63.5. The van der Waals surface area contributed by atoms with Crippen LogP contribution in [0, 0.1) is 0 Å². The number of H-pyrrole nitrogens is 2. The summed E-state index contributed by atoms with van der Waals surface area (Å²) in [5.74, 6) is -3.41. The Bertz CT molecular complexity index is 3260. The highest BCUT2D eigenvalue weighted by molar-refractivity contribution is 8.03. The highest BCUT2D eigenvalue weighted by Crippen LogP contribution is 2.48. The van der Waals surface area contributed by atoms with Gasteiger partial charge in [-0.05, 0) is 87.3 Å². The molecule has 2 aromatic heterocycles. The van der Waals surface area contributed by atoms with Crippen LogP contribution >= 0.6 is 11.8 Å². The highest BCUT2D eigenvalue weighted by Gasteiger charge is 2.44. The van der Waals surface area contributed by atoms with Gasteiger partial charge in [0.05, 0.1) is 35.3 Å². The number of nitrogens with zero attached hydrogens (tertiary/aromatic N) is 3. The van der Waals surface area contributed by atoms with E-state index in [0.717, 1.165) is 56.4 Å². The van der Waals surface area contributed by atoms with Crippen LogP contribution in [0.4, 0.5) is 17.3 Å². The van der Waals surface area contributed by atoms with Crippen LogP contribution in [0.1, 0.15) is 89.5 Å². The Morgan fingerprint density at radius 1 is 0.890 bits per heavy atom. The zero-order valence-electron chi connectivity index (χ0n) is 41.2. The minimum atomic E-state index is -4.12. The summed E-state index contributed by atoms with van der Waals surface area (Å²) in [6.07, 6.45) is 11.7. The maximum absolute atomic E-state index is 13.3. The predicted octanol–water partition coefficient (Wildman–Crippen LogP) is 5.81. The number of nitrogen functional groups attached to an aromatic ring is 1. The van der Waals surface area contributed by atoms with Gasteiger partial charge in [0.2, 0.25) is 23.5 Å². The van der Waals surface area contributed by atoms with Crippen LogP contribution in [0.3, 0.4) is 0 Å². The summed E-state index contributed by atoms with van der Waals surface area (Å²) in [5.41, 5.74) is 12.8. The van der Waals surface area contributed by atoms with Crippen molar-refractivity contribution in [2.24, 2.45) is 0 Å². The Kier molecular flexibility index (Phi) is 16.7. The minimum Gasteiger partial charge on any atom is -0.480 e. The van der Waals surface area contributed by atoms with Crippen LogP contribution in [0.2, 0.25) is 0 Å². The number of aliphatic carboxylic acids is 1. The molecule has 19 nitrogen and oxygen atoms in total. The maximum Gasteiger partial charge on any atom is 0.327 e. The van der Waals surface area contributed by atoms with E-state index in [1.165, 1.54) is 17.8 Å². The number of carboxylic acid groups (broad SMARTS) is 1. The van der Waals surface area contributed by atoms with Crippen molar-refractivity contribution < 1.29 is 50.0 Å². The molecule has 3 aliphatic rings. The average Bonchev–Trinajstić information content (AvgIpc) is 3.89. The van der Waals surface area contributed by atoms with Crippen LogP contribution in [-0.2, 0) is 51.9 Å². The first-order valence-electron chi connectivity index (χ1n) is 24.1. The molecule has 0 fully saturated rings. The van der Waals surface area contributed by atoms with Gasteiger partial charge < -0.3 is 31.4 Å². The van der Waals surface area contributed by atoms with Gasteiger partial charge in [-0.25, -0.2) is 4.79 Å². The zero-order chi connectivity index (χ0) is 52.9. The number of carboxylic acids is 1. The van der Waals surface area contributed by atoms with Gasteiger partial charge in [0.25, 0.3) is 25.8 Å². The molecule has 2 amide bonds. The van der Waals surface area contributed by atoms with E-state index in [1.54, 1.807) is 0 Å². The Morgan fingerprint density at radius 2 is 1.58 bits per heavy atom. The maximum atomic E-state index is 13.3. The fourth-order valence-electron chi connectivity index (χ4n) is 9.83. The number of fused-ring (bicyclic) bond motifs is 3. The lowest BCUT2D eigenvalue weighted by Crippen LogP contribution is -2.47. The number of anilines is 2. The minimum absolute atomic E-state index is 0.0699. The van der Waals surface area contributed by atoms with Crippen molar-refractivity contribution in [2.75, 3.05) is 47.5 Å². The summed E-state index contributed by atoms with van der Waals surface area (Å²) >= 11 is 1.30. The summed E-state index contributed by atoms with van der Waals surface area (Å²) in [5, 5.41) is 15.7. The third-order valence-electron chi connectivity index (χ3n) is 13.4. The van der Waals surface area contributed by atoms with Crippen molar-refractivity contribution >= 4 is 83.9 Å². The SMILES string of the molecule is CC1(C)C(/C=C/C2=C(SC[C@H](NC(=O)CNC(=O)Cc3cc4c(=O)[nH]c(N)nc4[nH]3)C(=O)O)C(=C/C=C3/N(CCCCS(=O)(=O)O)c4ccccc4C3(C)C)/CCC2)=[N+](CCCCS(=O)(=O)O)c2ccccc21. The molecule has 73 heavy (non-hydrogen) atoms. The number of aromatic amines is 2. The smallest absolute Gasteiger partial charge is 0.327 e. The number of aromatic nitrogens is 3. The van der Waals surface area contributed by atoms with Crippen molar-refractivity contribution in [3.8, 4) is 0 Å². The number of carbonyl (C=O) groups is 3. The van der Waals surface area contributed by atoms with E-state index in [0.29, 0.717) is 44.5 Å². The van der Waals surface area contributed by atoms with Crippen LogP contribution in [0.25, 0.3) is 11.0 Å². The normalized spacial score (nSPS) is 18.0. The van der Waals surface area contributed by atoms with Crippen LogP contribution in [-0.4, -0.2) is 117 Å². The molecule has 4 aromatic rings. The second-order valence-corrected chi connectivity index (χ2v) is 23.6. The summed E-state index contributed by atoms with van der Waals surface area (Å²) in [6, 6.07) is 16.2. The number of thioether (sulfide) groups is 1. The first kappa shape index (κ1) is 54.4. The molecule has 390 valence electrons. The van der Waals surface area contributed by atoms with Gasteiger partial charge in [-0.3, -0.25) is 28.5 Å². The number of rotatable bonds is 22. The molecule has 4 heterocycles. The Morgan fingerprint density at radius 3 is 2.29 bits per heavy atom. The fraction of sp³-hybridized carbons (Fsp3) is 0.412. The number of amides is 2. The van der Waals surface area contributed by atoms with E-state index in [9.17, 15) is 50.2 Å². The summed E-state index contributed by atoms with van der Waals surface area (Å²) in [7, 11) is -8.25. The number of hydrogen-bond acceptors (Lipinski definition) is 12. The van der Waals surface area contributed by atoms with E-state index >= 15 is 0 Å². The van der Waals surface area contributed by atoms with Gasteiger partial charge in [0.15, 0.2) is 5.71 Å². The first-order chi connectivity index (χ1) is 34.4. The van der Waals surface area contributed by atoms with Gasteiger partial charge in [-0.15, -0.1) is 11.8 Å². The summed E-state index contributed by atoms with van der Waals surface area (Å²) < 4.78 is 67.3. The topological polar surface area (TPSA) is 298 Å². The molecule has 1 aliphatic carbocycles. The molecule has 0 bridgehead atoms. The Labute approximate surface area is 428 Å². The molecular weight excluding hydrogens is 997 g/mol. The van der Waals surface area contributed by atoms with Crippen molar-refractivity contribution in [1.29, 1.82) is 0 Å². The molecule has 1 atom stereocenters. The highest BCUT2D eigenvalue weighted by atomic mass is 32.2. The van der Waals surface area contributed by atoms with E-state index in [1.807, 2.05) is 36.4 Å². The number of unbranched alkanes of at least 4 members (excludes halogenated alkanes) is 2. The second-order valence-electron chi connectivity index (χ2n) is 19.5. The van der Waals surface area contributed by atoms with E-state index in [2.05, 4.69) is 99.2 Å². The van der Waals surface area contributed by atoms with Crippen molar-refractivity contribution in [3.63, 3.8) is 0 Å². The van der Waals surface area contributed by atoms with Gasteiger partial charge in [0, 0.05) is 63.8 Å². The number of benzene rings is 2. The molecule has 0 unspecified atom stereocenters. The third kappa shape index (κ3) is 13.3. The van der Waals surface area contributed by atoms with Crippen molar-refractivity contribution in [2.45, 2.75) is 95.9 Å². The molecule has 0 radical (unpaired) electrons. The molecule has 2 aromatic carbocycles. The van der Waals surface area contributed by atoms with Gasteiger partial charge >= 0.3 is 5.97 Å². The molecule has 0 saturated carbocycles. The molecule has 0 saturated heterocycles. The van der Waals surface area contributed by atoms with Gasteiger partial charge in [-0.2, -0.15) is 26.4 Å². The van der Waals surface area contributed by atoms with Crippen LogP contribution < -0.4 is 26.8 Å². The van der Waals surface area contributed by atoms with Crippen molar-refractivity contribution in [1.82, 2.24) is 25.6 Å².